The van der Waals surface area contributed by atoms with Crippen LogP contribution in [0.4, 0.5) is 0 Å². The standard InChI is InChI=1S/C11H11BrO4/c1-15-7-3-4-9(12)8(5-7)10(13)6-11(14)16-2/h3-5H,6H2,1-2H3. The Morgan fingerprint density at radius 2 is 2.00 bits per heavy atom. The summed E-state index contributed by atoms with van der Waals surface area (Å²) in [4.78, 5) is 22.7. The molecule has 0 aromatic heterocycles. The van der Waals surface area contributed by atoms with E-state index in [2.05, 4.69) is 20.7 Å². The summed E-state index contributed by atoms with van der Waals surface area (Å²) < 4.78 is 10.1. The number of ketones is 1. The quantitative estimate of drug-likeness (QED) is 0.484. The topological polar surface area (TPSA) is 52.6 Å². The largest absolute Gasteiger partial charge is 0.497 e. The van der Waals surface area contributed by atoms with Crippen LogP contribution < -0.4 is 4.74 Å². The summed E-state index contributed by atoms with van der Waals surface area (Å²) in [6.45, 7) is 0. The zero-order chi connectivity index (χ0) is 12.1. The van der Waals surface area contributed by atoms with Crippen LogP contribution >= 0.6 is 15.9 Å². The Hall–Kier alpha value is -1.36. The van der Waals surface area contributed by atoms with Crippen LogP contribution in [0.1, 0.15) is 16.8 Å². The van der Waals surface area contributed by atoms with Crippen molar-refractivity contribution in [3.63, 3.8) is 0 Å². The molecule has 1 rings (SSSR count). The number of benzene rings is 1. The summed E-state index contributed by atoms with van der Waals surface area (Å²) in [6, 6.07) is 5.00. The average Bonchev–Trinajstić information content (AvgIpc) is 2.29. The third kappa shape index (κ3) is 3.06. The predicted molar refractivity (Wildman–Crippen MR) is 61.7 cm³/mol. The number of rotatable bonds is 4. The SMILES string of the molecule is COC(=O)CC(=O)c1cc(OC)ccc1Br. The number of Topliss-reactive ketones (excluding diaryl/α,β-unsaturated/α-hetero) is 1. The Kier molecular flexibility index (Phi) is 4.49. The molecular weight excluding hydrogens is 276 g/mol. The Morgan fingerprint density at radius 3 is 2.56 bits per heavy atom. The lowest BCUT2D eigenvalue weighted by atomic mass is 10.1. The lowest BCUT2D eigenvalue weighted by molar-refractivity contribution is -0.139. The highest BCUT2D eigenvalue weighted by Gasteiger charge is 2.15. The predicted octanol–water partition coefficient (Wildman–Crippen LogP) is 2.20. The van der Waals surface area contributed by atoms with E-state index in [1.807, 2.05) is 0 Å². The maximum absolute atomic E-state index is 11.7. The number of ether oxygens (including phenoxy) is 2. The minimum atomic E-state index is -0.556. The minimum Gasteiger partial charge on any atom is -0.497 e. The monoisotopic (exact) mass is 286 g/mol. The highest BCUT2D eigenvalue weighted by molar-refractivity contribution is 9.10. The van der Waals surface area contributed by atoms with E-state index >= 15 is 0 Å². The minimum absolute atomic E-state index is 0.276. The van der Waals surface area contributed by atoms with Crippen LogP contribution in [0, 0.1) is 0 Å². The molecule has 0 fully saturated rings. The molecule has 0 atom stereocenters. The third-order valence-electron chi connectivity index (χ3n) is 2.01. The molecule has 0 spiro atoms. The Balaban J connectivity index is 2.93. The smallest absolute Gasteiger partial charge is 0.313 e. The van der Waals surface area contributed by atoms with Crippen LogP contribution in [0.3, 0.4) is 0 Å². The van der Waals surface area contributed by atoms with E-state index in [0.717, 1.165) is 0 Å². The summed E-state index contributed by atoms with van der Waals surface area (Å²) in [5, 5.41) is 0. The average molecular weight is 287 g/mol. The van der Waals surface area contributed by atoms with Crippen molar-refractivity contribution in [1.82, 2.24) is 0 Å². The molecule has 0 unspecified atom stereocenters. The van der Waals surface area contributed by atoms with Gasteiger partial charge in [-0.2, -0.15) is 0 Å². The molecule has 0 amide bonds. The second-order valence-corrected chi connectivity index (χ2v) is 3.88. The van der Waals surface area contributed by atoms with E-state index < -0.39 is 5.97 Å². The van der Waals surface area contributed by atoms with Crippen molar-refractivity contribution in [3.05, 3.63) is 28.2 Å². The summed E-state index contributed by atoms with van der Waals surface area (Å²) >= 11 is 3.24. The number of esters is 1. The first kappa shape index (κ1) is 12.7. The van der Waals surface area contributed by atoms with Gasteiger partial charge in [0, 0.05) is 10.0 Å². The highest BCUT2D eigenvalue weighted by atomic mass is 79.9. The van der Waals surface area contributed by atoms with Gasteiger partial charge in [-0.1, -0.05) is 15.9 Å². The van der Waals surface area contributed by atoms with Crippen molar-refractivity contribution in [1.29, 1.82) is 0 Å². The van der Waals surface area contributed by atoms with Gasteiger partial charge in [0.1, 0.15) is 12.2 Å². The van der Waals surface area contributed by atoms with Gasteiger partial charge in [-0.05, 0) is 18.2 Å². The van der Waals surface area contributed by atoms with Gasteiger partial charge in [0.25, 0.3) is 0 Å². The van der Waals surface area contributed by atoms with E-state index in [-0.39, 0.29) is 12.2 Å². The number of carbonyl (C=O) groups is 2. The summed E-state index contributed by atoms with van der Waals surface area (Å²) in [6.07, 6.45) is -0.276. The van der Waals surface area contributed by atoms with Crippen molar-refractivity contribution in [2.45, 2.75) is 6.42 Å². The zero-order valence-corrected chi connectivity index (χ0v) is 10.5. The Morgan fingerprint density at radius 1 is 1.31 bits per heavy atom. The fourth-order valence-corrected chi connectivity index (χ4v) is 1.61. The Labute approximate surface area is 102 Å². The zero-order valence-electron chi connectivity index (χ0n) is 8.95. The second-order valence-electron chi connectivity index (χ2n) is 3.02. The molecule has 16 heavy (non-hydrogen) atoms. The molecule has 0 aliphatic heterocycles. The molecule has 0 saturated heterocycles. The molecule has 86 valence electrons. The lowest BCUT2D eigenvalue weighted by Gasteiger charge is -2.05. The fraction of sp³-hybridized carbons (Fsp3) is 0.273. The van der Waals surface area contributed by atoms with Gasteiger partial charge in [0.2, 0.25) is 0 Å². The molecule has 0 saturated carbocycles. The summed E-state index contributed by atoms with van der Waals surface area (Å²) in [7, 11) is 2.76. The summed E-state index contributed by atoms with van der Waals surface area (Å²) in [5.74, 6) is -0.297. The maximum Gasteiger partial charge on any atom is 0.313 e. The van der Waals surface area contributed by atoms with E-state index in [4.69, 9.17) is 4.74 Å². The molecule has 0 aliphatic rings. The fourth-order valence-electron chi connectivity index (χ4n) is 1.14. The first-order valence-electron chi connectivity index (χ1n) is 4.52. The van der Waals surface area contributed by atoms with Crippen LogP contribution in [0.25, 0.3) is 0 Å². The molecule has 4 nitrogen and oxygen atoms in total. The number of carbonyl (C=O) groups excluding carboxylic acids is 2. The van der Waals surface area contributed by atoms with E-state index in [1.54, 1.807) is 18.2 Å². The van der Waals surface area contributed by atoms with Crippen molar-refractivity contribution >= 4 is 27.7 Å². The van der Waals surface area contributed by atoms with Crippen molar-refractivity contribution in [3.8, 4) is 5.75 Å². The van der Waals surface area contributed by atoms with Gasteiger partial charge in [0.05, 0.1) is 14.2 Å². The number of methoxy groups -OCH3 is 2. The van der Waals surface area contributed by atoms with E-state index in [1.165, 1.54) is 14.2 Å². The van der Waals surface area contributed by atoms with Crippen LogP contribution in [0.5, 0.6) is 5.75 Å². The maximum atomic E-state index is 11.7. The molecular formula is C11H11BrO4. The second kappa shape index (κ2) is 5.65. The lowest BCUT2D eigenvalue weighted by Crippen LogP contribution is -2.10. The highest BCUT2D eigenvalue weighted by Crippen LogP contribution is 2.23. The van der Waals surface area contributed by atoms with Crippen molar-refractivity contribution in [2.24, 2.45) is 0 Å². The molecule has 0 radical (unpaired) electrons. The van der Waals surface area contributed by atoms with Crippen LogP contribution in [-0.4, -0.2) is 26.0 Å². The first-order chi connectivity index (χ1) is 7.58. The van der Waals surface area contributed by atoms with Crippen LogP contribution in [0.15, 0.2) is 22.7 Å². The first-order valence-corrected chi connectivity index (χ1v) is 5.31. The van der Waals surface area contributed by atoms with Gasteiger partial charge >= 0.3 is 5.97 Å². The molecule has 0 bridgehead atoms. The molecule has 1 aromatic carbocycles. The molecule has 1 aromatic rings. The number of halogens is 1. The van der Waals surface area contributed by atoms with Crippen molar-refractivity contribution < 1.29 is 19.1 Å². The van der Waals surface area contributed by atoms with E-state index in [0.29, 0.717) is 15.8 Å². The van der Waals surface area contributed by atoms with Crippen molar-refractivity contribution in [2.75, 3.05) is 14.2 Å². The van der Waals surface area contributed by atoms with Gasteiger partial charge in [0.15, 0.2) is 5.78 Å². The Bertz CT molecular complexity index is 414. The third-order valence-corrected chi connectivity index (χ3v) is 2.70. The number of hydrogen-bond donors (Lipinski definition) is 0. The van der Waals surface area contributed by atoms with Crippen LogP contribution in [-0.2, 0) is 9.53 Å². The van der Waals surface area contributed by atoms with E-state index in [9.17, 15) is 9.59 Å². The molecule has 0 aliphatic carbocycles. The van der Waals surface area contributed by atoms with Gasteiger partial charge < -0.3 is 9.47 Å². The number of hydrogen-bond acceptors (Lipinski definition) is 4. The molecule has 0 N–H and O–H groups in total. The summed E-state index contributed by atoms with van der Waals surface area (Å²) in [5.41, 5.74) is 0.407. The molecule has 0 heterocycles. The molecule has 5 heteroatoms. The van der Waals surface area contributed by atoms with Gasteiger partial charge in [-0.25, -0.2) is 0 Å². The normalized spacial score (nSPS) is 9.69. The van der Waals surface area contributed by atoms with Gasteiger partial charge in [-0.3, -0.25) is 9.59 Å². The van der Waals surface area contributed by atoms with Crippen LogP contribution in [0.2, 0.25) is 0 Å². The van der Waals surface area contributed by atoms with Gasteiger partial charge in [-0.15, -0.1) is 0 Å².